The number of hydrogen-bond acceptors (Lipinski definition) is 5. The first-order chi connectivity index (χ1) is 10.1. The molecule has 0 bridgehead atoms. The first-order valence-corrected chi connectivity index (χ1v) is 7.14. The second kappa shape index (κ2) is 7.97. The van der Waals surface area contributed by atoms with E-state index in [9.17, 15) is 4.79 Å². The van der Waals surface area contributed by atoms with Gasteiger partial charge in [0.25, 0.3) is 5.91 Å². The number of ether oxygens (including phenoxy) is 2. The van der Waals surface area contributed by atoms with Crippen molar-refractivity contribution in [1.82, 2.24) is 10.2 Å². The first-order valence-electron chi connectivity index (χ1n) is 7.14. The number of primary amides is 1. The molecule has 3 N–H and O–H groups in total. The number of carbonyl (C=O) groups excluding carboxylic acids is 1. The van der Waals surface area contributed by atoms with Crippen molar-refractivity contribution in [1.29, 1.82) is 0 Å². The Morgan fingerprint density at radius 2 is 2.24 bits per heavy atom. The summed E-state index contributed by atoms with van der Waals surface area (Å²) in [5.41, 5.74) is 6.19. The van der Waals surface area contributed by atoms with Crippen LogP contribution >= 0.6 is 0 Å². The molecule has 0 aromatic heterocycles. The summed E-state index contributed by atoms with van der Waals surface area (Å²) in [6.45, 7) is 4.29. The molecule has 1 aliphatic rings. The third kappa shape index (κ3) is 5.71. The fourth-order valence-electron chi connectivity index (χ4n) is 2.23. The zero-order valence-electron chi connectivity index (χ0n) is 12.4. The van der Waals surface area contributed by atoms with Crippen LogP contribution in [-0.2, 0) is 16.1 Å². The maximum Gasteiger partial charge on any atom is 0.255 e. The monoisotopic (exact) mass is 293 g/mol. The summed E-state index contributed by atoms with van der Waals surface area (Å²) in [7, 11) is 2.11. The molecule has 6 nitrogen and oxygen atoms in total. The molecule has 2 rings (SSSR count). The van der Waals surface area contributed by atoms with E-state index in [-0.39, 0.29) is 12.7 Å². The maximum atomic E-state index is 10.6. The second-order valence-electron chi connectivity index (χ2n) is 5.28. The molecule has 0 spiro atoms. The number of amides is 1. The molecule has 0 radical (unpaired) electrons. The van der Waals surface area contributed by atoms with Crippen molar-refractivity contribution >= 4 is 5.91 Å². The Hall–Kier alpha value is -1.63. The number of nitrogens with two attached hydrogens (primary N) is 1. The van der Waals surface area contributed by atoms with Crippen molar-refractivity contribution in [2.45, 2.75) is 12.6 Å². The van der Waals surface area contributed by atoms with Crippen LogP contribution in [0.1, 0.15) is 5.56 Å². The van der Waals surface area contributed by atoms with Crippen molar-refractivity contribution in [2.24, 2.45) is 5.73 Å². The molecule has 0 saturated carbocycles. The van der Waals surface area contributed by atoms with Crippen LogP contribution in [-0.4, -0.2) is 56.8 Å². The van der Waals surface area contributed by atoms with Gasteiger partial charge in [0.05, 0.1) is 12.7 Å². The molecule has 1 aliphatic heterocycles. The number of benzene rings is 1. The molecule has 0 aliphatic carbocycles. The Bertz CT molecular complexity index is 450. The third-order valence-electron chi connectivity index (χ3n) is 3.35. The molecule has 1 fully saturated rings. The minimum atomic E-state index is -0.474. The highest BCUT2D eigenvalue weighted by Gasteiger charge is 2.16. The summed E-state index contributed by atoms with van der Waals surface area (Å²) >= 11 is 0. The van der Waals surface area contributed by atoms with E-state index < -0.39 is 5.91 Å². The minimum absolute atomic E-state index is 0.0931. The summed E-state index contributed by atoms with van der Waals surface area (Å²) in [4.78, 5) is 12.9. The van der Waals surface area contributed by atoms with Crippen LogP contribution in [0.5, 0.6) is 5.75 Å². The zero-order valence-corrected chi connectivity index (χ0v) is 12.4. The van der Waals surface area contributed by atoms with Crippen molar-refractivity contribution in [2.75, 3.05) is 39.9 Å². The minimum Gasteiger partial charge on any atom is -0.484 e. The number of nitrogens with zero attached hydrogens (tertiary/aromatic N) is 1. The van der Waals surface area contributed by atoms with Crippen LogP contribution in [0.2, 0.25) is 0 Å². The van der Waals surface area contributed by atoms with E-state index in [1.807, 2.05) is 24.3 Å². The quantitative estimate of drug-likeness (QED) is 0.738. The largest absolute Gasteiger partial charge is 0.484 e. The smallest absolute Gasteiger partial charge is 0.255 e. The number of nitrogens with one attached hydrogen (secondary N) is 1. The molecule has 0 unspecified atom stereocenters. The van der Waals surface area contributed by atoms with Crippen molar-refractivity contribution in [3.63, 3.8) is 0 Å². The highest BCUT2D eigenvalue weighted by molar-refractivity contribution is 5.75. The number of morpholine rings is 1. The van der Waals surface area contributed by atoms with Gasteiger partial charge in [-0.25, -0.2) is 0 Å². The number of likely N-dealkylation sites (N-methyl/N-ethyl adjacent to an activating group) is 1. The Kier molecular flexibility index (Phi) is 5.98. The van der Waals surface area contributed by atoms with Gasteiger partial charge in [-0.05, 0) is 24.7 Å². The molecule has 21 heavy (non-hydrogen) atoms. The maximum absolute atomic E-state index is 10.6. The first kappa shape index (κ1) is 15.8. The van der Waals surface area contributed by atoms with E-state index in [2.05, 4.69) is 17.3 Å². The average molecular weight is 293 g/mol. The van der Waals surface area contributed by atoms with Gasteiger partial charge in [0.15, 0.2) is 6.61 Å². The standard InChI is InChI=1S/C15H23N3O3/c1-18-6-7-20-14(10-18)9-17-8-12-2-4-13(5-3-12)21-11-15(16)19/h2-5,14,17H,6-11H2,1H3,(H2,16,19)/t14-/m0/s1. The number of hydrogen-bond donors (Lipinski definition) is 2. The summed E-state index contributed by atoms with van der Waals surface area (Å²) in [5, 5.41) is 3.40. The molecule has 1 saturated heterocycles. The average Bonchev–Trinajstić information content (AvgIpc) is 2.46. The summed E-state index contributed by atoms with van der Waals surface area (Å²) in [6.07, 6.45) is 0.252. The molecule has 1 amide bonds. The van der Waals surface area contributed by atoms with Crippen LogP contribution in [0.4, 0.5) is 0 Å². The number of carbonyl (C=O) groups is 1. The fraction of sp³-hybridized carbons (Fsp3) is 0.533. The van der Waals surface area contributed by atoms with Crippen molar-refractivity contribution < 1.29 is 14.3 Å². The van der Waals surface area contributed by atoms with Crippen LogP contribution in [0, 0.1) is 0 Å². The highest BCUT2D eigenvalue weighted by atomic mass is 16.5. The van der Waals surface area contributed by atoms with Crippen molar-refractivity contribution in [3.05, 3.63) is 29.8 Å². The van der Waals surface area contributed by atoms with Gasteiger partial charge in [0.2, 0.25) is 0 Å². The Morgan fingerprint density at radius 1 is 1.48 bits per heavy atom. The fourth-order valence-corrected chi connectivity index (χ4v) is 2.23. The van der Waals surface area contributed by atoms with Crippen molar-refractivity contribution in [3.8, 4) is 5.75 Å². The highest BCUT2D eigenvalue weighted by Crippen LogP contribution is 2.12. The van der Waals surface area contributed by atoms with E-state index in [1.54, 1.807) is 0 Å². The van der Waals surface area contributed by atoms with Gasteiger partial charge >= 0.3 is 0 Å². The lowest BCUT2D eigenvalue weighted by atomic mass is 10.2. The van der Waals surface area contributed by atoms with Crippen LogP contribution < -0.4 is 15.8 Å². The van der Waals surface area contributed by atoms with Gasteiger partial charge in [-0.3, -0.25) is 4.79 Å². The van der Waals surface area contributed by atoms with Crippen LogP contribution in [0.25, 0.3) is 0 Å². The summed E-state index contributed by atoms with van der Waals surface area (Å²) in [6, 6.07) is 7.62. The van der Waals surface area contributed by atoms with E-state index in [1.165, 1.54) is 0 Å². The lowest BCUT2D eigenvalue weighted by molar-refractivity contribution is -0.119. The summed E-state index contributed by atoms with van der Waals surface area (Å²) < 4.78 is 10.9. The predicted octanol–water partition coefficient (Wildman–Crippen LogP) is -0.0291. The normalized spacial score (nSPS) is 19.4. The molecule has 6 heteroatoms. The van der Waals surface area contributed by atoms with Gasteiger partial charge in [0.1, 0.15) is 5.75 Å². The van der Waals surface area contributed by atoms with E-state index in [4.69, 9.17) is 15.2 Å². The summed E-state index contributed by atoms with van der Waals surface area (Å²) in [5.74, 6) is 0.174. The number of rotatable bonds is 7. The Morgan fingerprint density at radius 3 is 2.90 bits per heavy atom. The van der Waals surface area contributed by atoms with E-state index in [0.29, 0.717) is 5.75 Å². The predicted molar refractivity (Wildman–Crippen MR) is 80.1 cm³/mol. The molecule has 1 aromatic rings. The lowest BCUT2D eigenvalue weighted by Gasteiger charge is -2.30. The van der Waals surface area contributed by atoms with Gasteiger partial charge < -0.3 is 25.4 Å². The third-order valence-corrected chi connectivity index (χ3v) is 3.35. The van der Waals surface area contributed by atoms with E-state index >= 15 is 0 Å². The topological polar surface area (TPSA) is 76.8 Å². The molecule has 1 heterocycles. The zero-order chi connectivity index (χ0) is 15.1. The van der Waals surface area contributed by atoms with Gasteiger partial charge in [-0.15, -0.1) is 0 Å². The van der Waals surface area contributed by atoms with Gasteiger partial charge in [-0.2, -0.15) is 0 Å². The molecule has 1 atom stereocenters. The SMILES string of the molecule is CN1CCO[C@@H](CNCc2ccc(OCC(N)=O)cc2)C1. The Balaban J connectivity index is 1.69. The van der Waals surface area contributed by atoms with E-state index in [0.717, 1.165) is 38.3 Å². The van der Waals surface area contributed by atoms with Crippen LogP contribution in [0.3, 0.4) is 0 Å². The second-order valence-corrected chi connectivity index (χ2v) is 5.28. The lowest BCUT2D eigenvalue weighted by Crippen LogP contribution is -2.44. The Labute approximate surface area is 125 Å². The molecular formula is C15H23N3O3. The van der Waals surface area contributed by atoms with Gasteiger partial charge in [0, 0.05) is 26.2 Å². The van der Waals surface area contributed by atoms with Crippen LogP contribution in [0.15, 0.2) is 24.3 Å². The van der Waals surface area contributed by atoms with Gasteiger partial charge in [-0.1, -0.05) is 12.1 Å². The molecule has 1 aromatic carbocycles. The molecule has 116 valence electrons. The molecular weight excluding hydrogens is 270 g/mol.